The summed E-state index contributed by atoms with van der Waals surface area (Å²) in [5.41, 5.74) is 0. The van der Waals surface area contributed by atoms with E-state index < -0.39 is 14.8 Å². The van der Waals surface area contributed by atoms with Crippen LogP contribution in [0, 0.1) is 5.92 Å². The van der Waals surface area contributed by atoms with E-state index in [2.05, 4.69) is 0 Å². The summed E-state index contributed by atoms with van der Waals surface area (Å²) in [6.07, 6.45) is 0.102. The molecule has 0 aliphatic carbocycles. The lowest BCUT2D eigenvalue weighted by atomic mass is 10.1. The highest BCUT2D eigenvalue weighted by atomic mass is 28.4. The summed E-state index contributed by atoms with van der Waals surface area (Å²) in [7, 11) is 1.95. The Morgan fingerprint density at radius 3 is 2.00 bits per heavy atom. The lowest BCUT2D eigenvalue weighted by Gasteiger charge is -2.26. The molecule has 0 spiro atoms. The van der Waals surface area contributed by atoms with Gasteiger partial charge in [-0.25, -0.2) is 0 Å². The summed E-state index contributed by atoms with van der Waals surface area (Å²) in [5, 5.41) is 8.59. The average Bonchev–Trinajstić information content (AvgIpc) is 2.13. The zero-order valence-electron chi connectivity index (χ0n) is 9.07. The molecular weight excluding hydrogens is 204 g/mol. The van der Waals surface area contributed by atoms with E-state index >= 15 is 0 Å². The van der Waals surface area contributed by atoms with Gasteiger partial charge in [-0.1, -0.05) is 6.92 Å². The Bertz CT molecular complexity index is 172. The molecule has 0 aliphatic heterocycles. The van der Waals surface area contributed by atoms with E-state index in [1.807, 2.05) is 6.92 Å². The predicted octanol–water partition coefficient (Wildman–Crippen LogP) is 0.975. The highest BCUT2D eigenvalue weighted by molar-refractivity contribution is 6.60. The van der Waals surface area contributed by atoms with Crippen LogP contribution in [0.2, 0.25) is 6.04 Å². The van der Waals surface area contributed by atoms with Crippen molar-refractivity contribution in [1.82, 2.24) is 0 Å². The fourth-order valence-electron chi connectivity index (χ4n) is 1.30. The molecule has 0 aromatic heterocycles. The molecule has 1 atom stereocenters. The van der Waals surface area contributed by atoms with E-state index in [1.165, 1.54) is 21.3 Å². The third-order valence-corrected chi connectivity index (χ3v) is 5.12. The Kier molecular flexibility index (Phi) is 5.94. The molecule has 0 aromatic rings. The molecule has 6 heteroatoms. The Hall–Kier alpha value is -0.433. The van der Waals surface area contributed by atoms with Crippen LogP contribution in [-0.2, 0) is 18.1 Å². The highest BCUT2D eigenvalue weighted by Crippen LogP contribution is 2.21. The minimum Gasteiger partial charge on any atom is -0.481 e. The van der Waals surface area contributed by atoms with Crippen LogP contribution in [0.1, 0.15) is 13.3 Å². The zero-order chi connectivity index (χ0) is 11.2. The first-order valence-corrected chi connectivity index (χ1v) is 6.30. The zero-order valence-corrected chi connectivity index (χ0v) is 10.1. The van der Waals surface area contributed by atoms with Crippen LogP contribution < -0.4 is 0 Å². The molecule has 14 heavy (non-hydrogen) atoms. The average molecular weight is 222 g/mol. The molecule has 0 rings (SSSR count). The first-order valence-electron chi connectivity index (χ1n) is 4.37. The lowest BCUT2D eigenvalue weighted by molar-refractivity contribution is -0.137. The van der Waals surface area contributed by atoms with E-state index in [9.17, 15) is 4.79 Å². The van der Waals surface area contributed by atoms with Crippen molar-refractivity contribution in [3.05, 3.63) is 0 Å². The van der Waals surface area contributed by atoms with Crippen LogP contribution in [0.3, 0.4) is 0 Å². The van der Waals surface area contributed by atoms with Gasteiger partial charge in [-0.3, -0.25) is 4.79 Å². The maximum atomic E-state index is 10.5. The van der Waals surface area contributed by atoms with Gasteiger partial charge in [0, 0.05) is 33.8 Å². The number of aliphatic carboxylic acids is 1. The van der Waals surface area contributed by atoms with Crippen molar-refractivity contribution in [2.75, 3.05) is 21.3 Å². The maximum Gasteiger partial charge on any atom is 0.500 e. The van der Waals surface area contributed by atoms with Gasteiger partial charge in [0.05, 0.1) is 0 Å². The van der Waals surface area contributed by atoms with Gasteiger partial charge >= 0.3 is 14.8 Å². The van der Waals surface area contributed by atoms with Crippen molar-refractivity contribution in [3.8, 4) is 0 Å². The van der Waals surface area contributed by atoms with Gasteiger partial charge in [-0.2, -0.15) is 0 Å². The van der Waals surface area contributed by atoms with Gasteiger partial charge in [-0.15, -0.1) is 0 Å². The van der Waals surface area contributed by atoms with E-state index in [1.54, 1.807) is 0 Å². The second kappa shape index (κ2) is 6.13. The highest BCUT2D eigenvalue weighted by Gasteiger charge is 2.39. The van der Waals surface area contributed by atoms with Crippen molar-refractivity contribution < 1.29 is 23.2 Å². The van der Waals surface area contributed by atoms with Crippen LogP contribution >= 0.6 is 0 Å². The van der Waals surface area contributed by atoms with Gasteiger partial charge in [0.25, 0.3) is 0 Å². The molecule has 0 radical (unpaired) electrons. The Morgan fingerprint density at radius 1 is 1.29 bits per heavy atom. The van der Waals surface area contributed by atoms with Crippen molar-refractivity contribution in [2.24, 2.45) is 5.92 Å². The van der Waals surface area contributed by atoms with Gasteiger partial charge in [0.15, 0.2) is 0 Å². The lowest BCUT2D eigenvalue weighted by Crippen LogP contribution is -2.44. The Morgan fingerprint density at radius 2 is 1.71 bits per heavy atom. The van der Waals surface area contributed by atoms with Crippen LogP contribution in [0.4, 0.5) is 0 Å². The summed E-state index contributed by atoms with van der Waals surface area (Å²) >= 11 is 0. The van der Waals surface area contributed by atoms with Gasteiger partial charge in [-0.05, 0) is 5.92 Å². The minimum absolute atomic E-state index is 0.0148. The Labute approximate surface area is 85.3 Å². The second-order valence-electron chi connectivity index (χ2n) is 3.20. The predicted molar refractivity (Wildman–Crippen MR) is 53.0 cm³/mol. The molecule has 0 saturated heterocycles. The third kappa shape index (κ3) is 4.19. The van der Waals surface area contributed by atoms with Crippen molar-refractivity contribution in [2.45, 2.75) is 19.4 Å². The molecule has 0 fully saturated rings. The number of rotatable bonds is 7. The number of hydrogen-bond donors (Lipinski definition) is 1. The van der Waals surface area contributed by atoms with Crippen LogP contribution in [0.25, 0.3) is 0 Å². The smallest absolute Gasteiger partial charge is 0.481 e. The number of carboxylic acids is 1. The Balaban J connectivity index is 4.21. The summed E-state index contributed by atoms with van der Waals surface area (Å²) in [6, 6.07) is 0.517. The molecule has 0 amide bonds. The summed E-state index contributed by atoms with van der Waals surface area (Å²) in [5.74, 6) is -0.831. The largest absolute Gasteiger partial charge is 0.500 e. The molecule has 0 heterocycles. The number of carboxylic acid groups (broad SMARTS) is 1. The summed E-state index contributed by atoms with van der Waals surface area (Å²) in [4.78, 5) is 10.5. The van der Waals surface area contributed by atoms with Crippen molar-refractivity contribution >= 4 is 14.8 Å². The molecule has 0 aromatic carbocycles. The molecule has 84 valence electrons. The standard InChI is InChI=1S/C8H18O5Si/c1-7(5-8(9)10)6-14(11-2,12-3)13-4/h7H,5-6H2,1-4H3,(H,9,10). The quantitative estimate of drug-likeness (QED) is 0.650. The van der Waals surface area contributed by atoms with E-state index in [4.69, 9.17) is 18.4 Å². The van der Waals surface area contributed by atoms with E-state index in [0.717, 1.165) is 0 Å². The fourth-order valence-corrected chi connectivity index (χ4v) is 3.29. The van der Waals surface area contributed by atoms with Crippen molar-refractivity contribution in [1.29, 1.82) is 0 Å². The van der Waals surface area contributed by atoms with Gasteiger partial charge in [0.2, 0.25) is 0 Å². The molecule has 0 bridgehead atoms. The fraction of sp³-hybridized carbons (Fsp3) is 0.875. The number of hydrogen-bond acceptors (Lipinski definition) is 4. The van der Waals surface area contributed by atoms with E-state index in [0.29, 0.717) is 6.04 Å². The van der Waals surface area contributed by atoms with Crippen molar-refractivity contribution in [3.63, 3.8) is 0 Å². The van der Waals surface area contributed by atoms with Crippen LogP contribution in [-0.4, -0.2) is 41.2 Å². The van der Waals surface area contributed by atoms with Gasteiger partial charge in [0.1, 0.15) is 0 Å². The molecule has 5 nitrogen and oxygen atoms in total. The second-order valence-corrected chi connectivity index (χ2v) is 6.20. The summed E-state index contributed by atoms with van der Waals surface area (Å²) < 4.78 is 15.6. The molecular formula is C8H18O5Si. The topological polar surface area (TPSA) is 65.0 Å². The first kappa shape index (κ1) is 13.6. The van der Waals surface area contributed by atoms with Crippen LogP contribution in [0.5, 0.6) is 0 Å². The third-order valence-electron chi connectivity index (χ3n) is 2.05. The van der Waals surface area contributed by atoms with Gasteiger partial charge < -0.3 is 18.4 Å². The molecule has 0 saturated carbocycles. The van der Waals surface area contributed by atoms with Crippen LogP contribution in [0.15, 0.2) is 0 Å². The normalized spacial score (nSPS) is 14.0. The molecule has 1 unspecified atom stereocenters. The molecule has 1 N–H and O–H groups in total. The minimum atomic E-state index is -2.61. The monoisotopic (exact) mass is 222 g/mol. The SMILES string of the molecule is CO[Si](CC(C)CC(=O)O)(OC)OC. The molecule has 0 aliphatic rings. The first-order chi connectivity index (χ1) is 6.49. The van der Waals surface area contributed by atoms with E-state index in [-0.39, 0.29) is 12.3 Å². The number of carbonyl (C=O) groups is 1. The maximum absolute atomic E-state index is 10.5. The summed E-state index contributed by atoms with van der Waals surface area (Å²) in [6.45, 7) is 1.84.